The summed E-state index contributed by atoms with van der Waals surface area (Å²) in [5.74, 6) is -5.40. The van der Waals surface area contributed by atoms with Gasteiger partial charge in [-0.15, -0.1) is 0 Å². The number of Topliss-reactive ketones (excluding diaryl/α,β-unsaturated/α-hetero) is 1. The van der Waals surface area contributed by atoms with Gasteiger partial charge in [-0.3, -0.25) is 14.4 Å². The molecule has 2 unspecified atom stereocenters. The molecule has 1 saturated heterocycles. The fourth-order valence-electron chi connectivity index (χ4n) is 6.28. The third-order valence-corrected chi connectivity index (χ3v) is 8.75. The van der Waals surface area contributed by atoms with E-state index in [1.54, 1.807) is 4.58 Å². The number of primary amides is 1. The number of rotatable bonds is 8. The molecular formula is C31H32F5N4O3+. The van der Waals surface area contributed by atoms with Gasteiger partial charge in [0.25, 0.3) is 17.7 Å². The minimum Gasteiger partial charge on any atom is -0.365 e. The minimum atomic E-state index is -4.74. The van der Waals surface area contributed by atoms with Crippen LogP contribution in [0.15, 0.2) is 36.5 Å². The van der Waals surface area contributed by atoms with Gasteiger partial charge >= 0.3 is 12.0 Å². The van der Waals surface area contributed by atoms with Gasteiger partial charge in [0, 0.05) is 17.9 Å². The van der Waals surface area contributed by atoms with Crippen molar-refractivity contribution >= 4 is 40.9 Å². The highest BCUT2D eigenvalue weighted by Gasteiger charge is 2.72. The lowest BCUT2D eigenvalue weighted by Gasteiger charge is -2.21. The van der Waals surface area contributed by atoms with Crippen LogP contribution < -0.4 is 5.73 Å². The summed E-state index contributed by atoms with van der Waals surface area (Å²) in [5, 5.41) is 0. The second kappa shape index (κ2) is 10.6. The number of nitrogens with two attached hydrogens (primary N) is 1. The number of benzene rings is 1. The normalized spacial score (nSPS) is 22.7. The zero-order valence-electron chi connectivity index (χ0n) is 24.0. The number of alkyl halides is 5. The average molecular weight is 604 g/mol. The predicted molar refractivity (Wildman–Crippen MR) is 148 cm³/mol. The third kappa shape index (κ3) is 4.94. The summed E-state index contributed by atoms with van der Waals surface area (Å²) >= 11 is 0. The number of nitrogens with zero attached hydrogens (tertiary/aromatic N) is 3. The average Bonchev–Trinajstić information content (AvgIpc) is 3.46. The van der Waals surface area contributed by atoms with E-state index in [2.05, 4.69) is 4.98 Å². The Labute approximate surface area is 245 Å². The number of ketones is 1. The molecule has 2 atom stereocenters. The summed E-state index contributed by atoms with van der Waals surface area (Å²) in [6.45, 7) is 3.22. The van der Waals surface area contributed by atoms with Gasteiger partial charge in [0.05, 0.1) is 17.3 Å². The van der Waals surface area contributed by atoms with Crippen molar-refractivity contribution in [2.45, 2.75) is 83.0 Å². The van der Waals surface area contributed by atoms with Crippen LogP contribution in [0.1, 0.15) is 81.5 Å². The Balaban J connectivity index is 1.65. The molecule has 12 heteroatoms. The monoisotopic (exact) mass is 603 g/mol. The molecule has 43 heavy (non-hydrogen) atoms. The Morgan fingerprint density at radius 1 is 1.14 bits per heavy atom. The van der Waals surface area contributed by atoms with Gasteiger partial charge in [-0.25, -0.2) is 8.78 Å². The van der Waals surface area contributed by atoms with Crippen LogP contribution in [0.5, 0.6) is 0 Å². The first-order chi connectivity index (χ1) is 20.2. The number of pyridine rings is 1. The first-order valence-electron chi connectivity index (χ1n) is 14.3. The fraction of sp³-hybridized carbons (Fsp3) is 0.452. The molecule has 3 aliphatic rings. The molecule has 2 aromatic rings. The summed E-state index contributed by atoms with van der Waals surface area (Å²) in [5.41, 5.74) is 4.21. The number of carbonyl (C=O) groups is 3. The number of carbonyl (C=O) groups excluding carboxylic acids is 3. The van der Waals surface area contributed by atoms with E-state index in [0.29, 0.717) is 10.5 Å². The molecule has 0 spiro atoms. The minimum absolute atomic E-state index is 0.0350. The molecule has 5 rings (SSSR count). The standard InChI is InChI=1S/C31H31F5N4O3/c1-4-29(32,33)22-14-23-24(26(37)42)25(39(27(23)38-15-22)16-19-8-6-5-7-9-19)20-10-12-21(13-11-20)30(18(3)41)28(43)40(30)17(2)31(34,35)36/h10-17,19H,4-9H2,1-3H3,(H-,37,42)/p+1. The Morgan fingerprint density at radius 2 is 1.77 bits per heavy atom. The van der Waals surface area contributed by atoms with Crippen LogP contribution in [0.2, 0.25) is 0 Å². The number of hydrogen-bond acceptors (Lipinski definition) is 4. The molecule has 2 N–H and O–H groups in total. The second-order valence-electron chi connectivity index (χ2n) is 11.4. The van der Waals surface area contributed by atoms with E-state index >= 15 is 0 Å². The summed E-state index contributed by atoms with van der Waals surface area (Å²) in [4.78, 5) is 43.2. The van der Waals surface area contributed by atoms with Crippen molar-refractivity contribution in [1.82, 2.24) is 9.88 Å². The van der Waals surface area contributed by atoms with Crippen molar-refractivity contribution < 1.29 is 40.9 Å². The van der Waals surface area contributed by atoms with Crippen LogP contribution in [0, 0.1) is 5.92 Å². The van der Waals surface area contributed by atoms with Crippen molar-refractivity contribution in [1.29, 1.82) is 0 Å². The fourth-order valence-corrected chi connectivity index (χ4v) is 6.28. The molecule has 228 valence electrons. The van der Waals surface area contributed by atoms with Gasteiger partial charge in [0.1, 0.15) is 17.8 Å². The van der Waals surface area contributed by atoms with E-state index in [1.165, 1.54) is 37.3 Å². The van der Waals surface area contributed by atoms with Gasteiger partial charge in [-0.2, -0.15) is 17.7 Å². The maximum Gasteiger partial charge on any atom is 0.408 e. The van der Waals surface area contributed by atoms with Gasteiger partial charge in [-0.1, -0.05) is 50.5 Å². The molecule has 7 nitrogen and oxygen atoms in total. The van der Waals surface area contributed by atoms with Crippen LogP contribution in [0.25, 0.3) is 11.3 Å². The number of aromatic nitrogens is 1. The summed E-state index contributed by atoms with van der Waals surface area (Å²) < 4.78 is 71.5. The number of amides is 2. The van der Waals surface area contributed by atoms with Crippen LogP contribution in [0.4, 0.5) is 27.8 Å². The highest BCUT2D eigenvalue weighted by atomic mass is 19.4. The number of hydrogen-bond donors (Lipinski definition) is 1. The lowest BCUT2D eigenvalue weighted by Crippen LogP contribution is -2.38. The molecule has 1 aliphatic carbocycles. The SMILES string of the molecule is CCC(F)(F)c1cnc2c(c1)C(C(N)=O)=C(c1ccc(C3(C(C)=O)C(=O)N3C(C)C(F)(F)F)cc1)[N+]2=CC1CCCCC1. The largest absolute Gasteiger partial charge is 0.408 e. The van der Waals surface area contributed by atoms with Gasteiger partial charge < -0.3 is 10.6 Å². The van der Waals surface area contributed by atoms with E-state index < -0.39 is 47.7 Å². The molecule has 2 amide bonds. The second-order valence-corrected chi connectivity index (χ2v) is 11.4. The third-order valence-electron chi connectivity index (χ3n) is 8.75. The molecule has 0 radical (unpaired) electrons. The first kappa shape index (κ1) is 30.5. The molecule has 2 aliphatic heterocycles. The number of fused-ring (bicyclic) bond motifs is 1. The summed E-state index contributed by atoms with van der Waals surface area (Å²) in [6.07, 6.45) is 2.64. The highest BCUT2D eigenvalue weighted by molar-refractivity contribution is 6.28. The van der Waals surface area contributed by atoms with Crippen LogP contribution >= 0.6 is 0 Å². The Morgan fingerprint density at radius 3 is 2.30 bits per heavy atom. The maximum absolute atomic E-state index is 14.7. The molecule has 3 heterocycles. The molecule has 1 aromatic heterocycles. The van der Waals surface area contributed by atoms with Crippen molar-refractivity contribution in [2.24, 2.45) is 11.7 Å². The summed E-state index contributed by atoms with van der Waals surface area (Å²) in [7, 11) is 0. The van der Waals surface area contributed by atoms with E-state index in [1.807, 2.05) is 6.21 Å². The molecular weight excluding hydrogens is 571 g/mol. The molecule has 1 aromatic carbocycles. The van der Waals surface area contributed by atoms with Crippen molar-refractivity contribution in [3.8, 4) is 0 Å². The van der Waals surface area contributed by atoms with E-state index in [9.17, 15) is 36.3 Å². The van der Waals surface area contributed by atoms with E-state index in [-0.39, 0.29) is 39.7 Å². The Bertz CT molecular complexity index is 1560. The van der Waals surface area contributed by atoms with Crippen LogP contribution in [-0.2, 0) is 25.8 Å². The van der Waals surface area contributed by atoms with Crippen molar-refractivity contribution in [2.75, 3.05) is 0 Å². The molecule has 0 bridgehead atoms. The predicted octanol–water partition coefficient (Wildman–Crippen LogP) is 5.82. The zero-order chi connectivity index (χ0) is 31.5. The van der Waals surface area contributed by atoms with E-state index in [0.717, 1.165) is 52.1 Å². The highest BCUT2D eigenvalue weighted by Crippen LogP contribution is 2.51. The van der Waals surface area contributed by atoms with Crippen molar-refractivity contribution in [3.63, 3.8) is 0 Å². The maximum atomic E-state index is 14.7. The lowest BCUT2D eigenvalue weighted by atomic mass is 9.90. The van der Waals surface area contributed by atoms with Gasteiger partial charge in [0.2, 0.25) is 5.54 Å². The number of halogens is 5. The Hall–Kier alpha value is -3.96. The van der Waals surface area contributed by atoms with Crippen molar-refractivity contribution in [3.05, 3.63) is 58.8 Å². The van der Waals surface area contributed by atoms with Gasteiger partial charge in [0.15, 0.2) is 11.5 Å². The summed E-state index contributed by atoms with van der Waals surface area (Å²) in [6, 6.07) is 4.74. The quantitative estimate of drug-likeness (QED) is 0.178. The smallest absolute Gasteiger partial charge is 0.365 e. The molecule has 1 saturated carbocycles. The molecule has 2 fully saturated rings. The Kier molecular flexibility index (Phi) is 7.55. The van der Waals surface area contributed by atoms with E-state index in [4.69, 9.17) is 5.73 Å². The lowest BCUT2D eigenvalue weighted by molar-refractivity contribution is -0.330. The first-order valence-corrected chi connectivity index (χ1v) is 14.3. The topological polar surface area (TPSA) is 96.1 Å². The van der Waals surface area contributed by atoms with Gasteiger partial charge in [-0.05, 0) is 43.3 Å². The van der Waals surface area contributed by atoms with Crippen LogP contribution in [-0.4, -0.2) is 50.5 Å². The zero-order valence-corrected chi connectivity index (χ0v) is 24.0. The van der Waals surface area contributed by atoms with Crippen LogP contribution in [0.3, 0.4) is 0 Å².